The monoisotopic (exact) mass is 614 g/mol. The molecule has 2 aliphatic carbocycles. The second-order valence-electron chi connectivity index (χ2n) is 8.20. The number of benzene rings is 2. The van der Waals surface area contributed by atoms with Crippen LogP contribution in [0.3, 0.4) is 0 Å². The Morgan fingerprint density at radius 1 is 0.639 bits per heavy atom. The molecule has 0 saturated carbocycles. The SMILES string of the molecule is CC(=O)Oc1c(Br)cc(-c2cc(Br)c(OC(C)=O)c3c2C(=O)C(C)=CC3=O)c2c1C(=O)C=C(C)C2=O. The number of carbonyl (C=O) groups excluding carboxylic acids is 6. The number of fused-ring (bicyclic) bond motifs is 2. The summed E-state index contributed by atoms with van der Waals surface area (Å²) in [6.07, 6.45) is 2.29. The van der Waals surface area contributed by atoms with Crippen LogP contribution in [0.2, 0.25) is 0 Å². The summed E-state index contributed by atoms with van der Waals surface area (Å²) in [4.78, 5) is 76.3. The Kier molecular flexibility index (Phi) is 6.52. The zero-order chi connectivity index (χ0) is 26.6. The van der Waals surface area contributed by atoms with Crippen molar-refractivity contribution in [3.05, 3.63) is 66.6 Å². The van der Waals surface area contributed by atoms with Crippen molar-refractivity contribution in [3.63, 3.8) is 0 Å². The highest BCUT2D eigenvalue weighted by Crippen LogP contribution is 2.47. The summed E-state index contributed by atoms with van der Waals surface area (Å²) in [7, 11) is 0. The van der Waals surface area contributed by atoms with Gasteiger partial charge < -0.3 is 9.47 Å². The number of hydrogen-bond acceptors (Lipinski definition) is 8. The lowest BCUT2D eigenvalue weighted by Crippen LogP contribution is -2.22. The van der Waals surface area contributed by atoms with Crippen LogP contribution in [0.25, 0.3) is 11.1 Å². The Morgan fingerprint density at radius 2 is 0.972 bits per heavy atom. The molecule has 0 spiro atoms. The summed E-state index contributed by atoms with van der Waals surface area (Å²) in [5.41, 5.74) is 0.131. The van der Waals surface area contributed by atoms with Gasteiger partial charge in [0.2, 0.25) is 0 Å². The van der Waals surface area contributed by atoms with E-state index in [4.69, 9.17) is 9.47 Å². The molecule has 4 rings (SSSR count). The molecule has 0 saturated heterocycles. The Hall–Kier alpha value is -3.50. The standard InChI is InChI=1S/C26H16Br2O8/c1-9-5-17(31)21-19(23(9)33)13(7-15(27)25(21)35-11(3)29)14-8-16(28)26(36-12(4)30)22-18(32)6-10(2)24(34)20(14)22/h5-8H,1-4H3. The second-order valence-corrected chi connectivity index (χ2v) is 9.91. The van der Waals surface area contributed by atoms with Gasteiger partial charge >= 0.3 is 11.9 Å². The minimum absolute atomic E-state index is 0.0822. The van der Waals surface area contributed by atoms with Gasteiger partial charge in [0, 0.05) is 36.1 Å². The second kappa shape index (κ2) is 9.18. The van der Waals surface area contributed by atoms with Crippen molar-refractivity contribution < 1.29 is 38.2 Å². The molecule has 0 bridgehead atoms. The van der Waals surface area contributed by atoms with E-state index in [1.54, 1.807) is 0 Å². The minimum atomic E-state index is -0.704. The lowest BCUT2D eigenvalue weighted by Gasteiger charge is -2.25. The highest BCUT2D eigenvalue weighted by Gasteiger charge is 2.37. The van der Waals surface area contributed by atoms with Crippen LogP contribution in [0.1, 0.15) is 69.1 Å². The van der Waals surface area contributed by atoms with Crippen molar-refractivity contribution in [1.29, 1.82) is 0 Å². The minimum Gasteiger partial charge on any atom is -0.425 e. The smallest absolute Gasteiger partial charge is 0.308 e. The van der Waals surface area contributed by atoms with Crippen LogP contribution in [0.4, 0.5) is 0 Å². The first kappa shape index (κ1) is 25.6. The Morgan fingerprint density at radius 3 is 1.28 bits per heavy atom. The molecule has 0 amide bonds. The maximum atomic E-state index is 13.4. The molecule has 0 fully saturated rings. The van der Waals surface area contributed by atoms with Gasteiger partial charge in [0.25, 0.3) is 0 Å². The van der Waals surface area contributed by atoms with E-state index in [0.29, 0.717) is 0 Å². The number of halogens is 2. The molecule has 10 heteroatoms. The van der Waals surface area contributed by atoms with E-state index in [1.165, 1.54) is 26.0 Å². The molecule has 0 unspecified atom stereocenters. The molecule has 0 N–H and O–H groups in total. The Balaban J connectivity index is 2.17. The third kappa shape index (κ3) is 4.10. The normalized spacial score (nSPS) is 14.6. The number of hydrogen-bond donors (Lipinski definition) is 0. The highest BCUT2D eigenvalue weighted by molar-refractivity contribution is 9.11. The number of allylic oxidation sites excluding steroid dienone is 4. The molecular formula is C26H16Br2O8. The summed E-state index contributed by atoms with van der Waals surface area (Å²) in [6, 6.07) is 2.89. The lowest BCUT2D eigenvalue weighted by atomic mass is 9.79. The van der Waals surface area contributed by atoms with Crippen LogP contribution < -0.4 is 9.47 Å². The first-order valence-corrected chi connectivity index (χ1v) is 12.1. The van der Waals surface area contributed by atoms with E-state index < -0.39 is 35.1 Å². The molecule has 8 nitrogen and oxygen atoms in total. The number of esters is 2. The van der Waals surface area contributed by atoms with Crippen molar-refractivity contribution in [3.8, 4) is 22.6 Å². The number of rotatable bonds is 3. The number of carbonyl (C=O) groups is 6. The van der Waals surface area contributed by atoms with E-state index in [2.05, 4.69) is 31.9 Å². The molecular weight excluding hydrogens is 600 g/mol. The van der Waals surface area contributed by atoms with E-state index >= 15 is 0 Å². The topological polar surface area (TPSA) is 121 Å². The maximum absolute atomic E-state index is 13.4. The van der Waals surface area contributed by atoms with Crippen molar-refractivity contribution in [2.75, 3.05) is 0 Å². The first-order valence-electron chi connectivity index (χ1n) is 10.5. The largest absolute Gasteiger partial charge is 0.425 e. The molecule has 36 heavy (non-hydrogen) atoms. The summed E-state index contributed by atoms with van der Waals surface area (Å²) < 4.78 is 10.9. The summed E-state index contributed by atoms with van der Waals surface area (Å²) >= 11 is 6.62. The third-order valence-electron chi connectivity index (χ3n) is 5.61. The zero-order valence-electron chi connectivity index (χ0n) is 19.3. The predicted octanol–water partition coefficient (Wildman–Crippen LogP) is 5.38. The molecule has 2 aliphatic rings. The molecule has 0 heterocycles. The average molecular weight is 616 g/mol. The molecule has 0 atom stereocenters. The molecule has 0 radical (unpaired) electrons. The van der Waals surface area contributed by atoms with Crippen LogP contribution >= 0.6 is 31.9 Å². The number of Topliss-reactive ketones (excluding diaryl/α,β-unsaturated/α-hetero) is 2. The van der Waals surface area contributed by atoms with Crippen LogP contribution in [0.15, 0.2) is 44.4 Å². The quantitative estimate of drug-likeness (QED) is 0.333. The zero-order valence-corrected chi connectivity index (χ0v) is 22.5. The van der Waals surface area contributed by atoms with E-state index in [1.807, 2.05) is 0 Å². The van der Waals surface area contributed by atoms with Gasteiger partial charge in [0.1, 0.15) is 0 Å². The Labute approximate surface area is 221 Å². The first-order chi connectivity index (χ1) is 16.8. The van der Waals surface area contributed by atoms with Gasteiger partial charge in [-0.2, -0.15) is 0 Å². The molecule has 0 aromatic heterocycles. The van der Waals surface area contributed by atoms with Crippen LogP contribution in [-0.2, 0) is 9.59 Å². The van der Waals surface area contributed by atoms with Gasteiger partial charge in [0.15, 0.2) is 34.6 Å². The van der Waals surface area contributed by atoms with Crippen molar-refractivity contribution in [1.82, 2.24) is 0 Å². The van der Waals surface area contributed by atoms with Crippen molar-refractivity contribution in [2.45, 2.75) is 27.7 Å². The Bertz CT molecular complexity index is 1430. The predicted molar refractivity (Wildman–Crippen MR) is 135 cm³/mol. The summed E-state index contributed by atoms with van der Waals surface area (Å²) in [5.74, 6) is -3.84. The number of ketones is 4. The van der Waals surface area contributed by atoms with Crippen LogP contribution in [-0.4, -0.2) is 35.1 Å². The molecule has 0 aliphatic heterocycles. The maximum Gasteiger partial charge on any atom is 0.308 e. The van der Waals surface area contributed by atoms with Crippen molar-refractivity contribution in [2.24, 2.45) is 0 Å². The molecule has 2 aromatic rings. The van der Waals surface area contributed by atoms with Gasteiger partial charge in [-0.15, -0.1) is 0 Å². The summed E-state index contributed by atoms with van der Waals surface area (Å²) in [6.45, 7) is 5.25. The average Bonchev–Trinajstić information content (AvgIpc) is 2.77. The van der Waals surface area contributed by atoms with Gasteiger partial charge in [-0.25, -0.2) is 0 Å². The van der Waals surface area contributed by atoms with Gasteiger partial charge in [-0.3, -0.25) is 28.8 Å². The number of ether oxygens (including phenoxy) is 2. The lowest BCUT2D eigenvalue weighted by molar-refractivity contribution is -0.132. The highest BCUT2D eigenvalue weighted by atomic mass is 79.9. The summed E-state index contributed by atoms with van der Waals surface area (Å²) in [5, 5.41) is 0. The van der Waals surface area contributed by atoms with E-state index in [-0.39, 0.29) is 65.0 Å². The van der Waals surface area contributed by atoms with Gasteiger partial charge in [-0.05, 0) is 81.1 Å². The van der Waals surface area contributed by atoms with Gasteiger partial charge in [-0.1, -0.05) is 0 Å². The van der Waals surface area contributed by atoms with Crippen LogP contribution in [0, 0.1) is 0 Å². The molecule has 2 aromatic carbocycles. The molecule has 182 valence electrons. The van der Waals surface area contributed by atoms with Crippen molar-refractivity contribution >= 4 is 66.9 Å². The van der Waals surface area contributed by atoms with E-state index in [9.17, 15) is 28.8 Å². The fourth-order valence-corrected chi connectivity index (χ4v) is 5.20. The van der Waals surface area contributed by atoms with Crippen LogP contribution in [0.5, 0.6) is 11.5 Å². The third-order valence-corrected chi connectivity index (χ3v) is 6.79. The van der Waals surface area contributed by atoms with Gasteiger partial charge in [0.05, 0.1) is 20.1 Å². The van der Waals surface area contributed by atoms with E-state index in [0.717, 1.165) is 26.0 Å². The fourth-order valence-electron chi connectivity index (χ4n) is 4.18. The fraction of sp³-hybridized carbons (Fsp3) is 0.154.